The predicted octanol–water partition coefficient (Wildman–Crippen LogP) is 2.46. The van der Waals surface area contributed by atoms with Crippen molar-refractivity contribution in [2.75, 3.05) is 0 Å². The Morgan fingerprint density at radius 1 is 1.33 bits per heavy atom. The highest BCUT2D eigenvalue weighted by atomic mass is 16.5. The molecule has 2 aromatic rings. The first-order chi connectivity index (χ1) is 9.93. The van der Waals surface area contributed by atoms with Crippen LogP contribution in [0, 0.1) is 13.8 Å². The molecule has 7 nitrogen and oxygen atoms in total. The van der Waals surface area contributed by atoms with E-state index in [1.54, 1.807) is 13.8 Å². The molecular weight excluding hydrogens is 276 g/mol. The Hall–Kier alpha value is -2.57. The molecule has 2 N–H and O–H groups in total. The maximum atomic E-state index is 12.1. The number of carboxylic acids is 1. The van der Waals surface area contributed by atoms with Crippen molar-refractivity contribution in [1.29, 1.82) is 0 Å². The van der Waals surface area contributed by atoms with E-state index in [9.17, 15) is 9.59 Å². The molecule has 0 aliphatic carbocycles. The molecule has 0 bridgehead atoms. The van der Waals surface area contributed by atoms with E-state index < -0.39 is 11.9 Å². The lowest BCUT2D eigenvalue weighted by atomic mass is 10.0. The summed E-state index contributed by atoms with van der Waals surface area (Å²) in [4.78, 5) is 22.9. The molecule has 1 amide bonds. The van der Waals surface area contributed by atoms with Crippen LogP contribution in [-0.4, -0.2) is 22.1 Å². The molecule has 21 heavy (non-hydrogen) atoms. The number of nitrogens with zero attached hydrogens (tertiary/aromatic N) is 1. The smallest absolute Gasteiger partial charge is 0.371 e. The van der Waals surface area contributed by atoms with E-state index in [4.69, 9.17) is 14.0 Å². The van der Waals surface area contributed by atoms with Gasteiger partial charge in [-0.25, -0.2) is 4.79 Å². The molecule has 0 saturated heterocycles. The summed E-state index contributed by atoms with van der Waals surface area (Å²) >= 11 is 0. The second-order valence-corrected chi connectivity index (χ2v) is 4.64. The number of aromatic carboxylic acids is 1. The van der Waals surface area contributed by atoms with Gasteiger partial charge in [-0.3, -0.25) is 4.79 Å². The minimum absolute atomic E-state index is 0.0439. The Labute approximate surface area is 120 Å². The average molecular weight is 292 g/mol. The van der Waals surface area contributed by atoms with Crippen molar-refractivity contribution in [3.63, 3.8) is 0 Å². The molecular formula is C14H16N2O5. The number of aromatic nitrogens is 1. The molecule has 0 aromatic carbocycles. The van der Waals surface area contributed by atoms with Crippen LogP contribution in [0.1, 0.15) is 57.5 Å². The van der Waals surface area contributed by atoms with Gasteiger partial charge in [0, 0.05) is 5.56 Å². The number of hydrogen-bond donors (Lipinski definition) is 2. The van der Waals surface area contributed by atoms with Gasteiger partial charge < -0.3 is 19.4 Å². The summed E-state index contributed by atoms with van der Waals surface area (Å²) in [6.45, 7) is 5.50. The molecule has 0 saturated carbocycles. The second-order valence-electron chi connectivity index (χ2n) is 4.64. The highest BCUT2D eigenvalue weighted by molar-refractivity contribution is 5.93. The summed E-state index contributed by atoms with van der Waals surface area (Å²) < 4.78 is 10.1. The van der Waals surface area contributed by atoms with Gasteiger partial charge in [0.25, 0.3) is 5.91 Å². The van der Waals surface area contributed by atoms with Crippen molar-refractivity contribution >= 4 is 11.9 Å². The van der Waals surface area contributed by atoms with Gasteiger partial charge in [0.1, 0.15) is 5.76 Å². The van der Waals surface area contributed by atoms with Crippen molar-refractivity contribution in [3.8, 4) is 0 Å². The number of carboxylic acid groups (broad SMARTS) is 1. The third-order valence-corrected chi connectivity index (χ3v) is 3.19. The number of carbonyl (C=O) groups is 2. The van der Waals surface area contributed by atoms with Crippen LogP contribution in [0.5, 0.6) is 0 Å². The fraction of sp³-hybridized carbons (Fsp3) is 0.357. The molecule has 112 valence electrons. The minimum Gasteiger partial charge on any atom is -0.475 e. The van der Waals surface area contributed by atoms with Gasteiger partial charge in [-0.05, 0) is 32.4 Å². The van der Waals surface area contributed by atoms with Crippen LogP contribution in [-0.2, 0) is 0 Å². The summed E-state index contributed by atoms with van der Waals surface area (Å²) in [6.07, 6.45) is 0.640. The Balaban J connectivity index is 2.18. The first-order valence-electron chi connectivity index (χ1n) is 6.50. The Bertz CT molecular complexity index is 651. The normalized spacial score (nSPS) is 12.1. The number of amides is 1. The summed E-state index contributed by atoms with van der Waals surface area (Å²) in [6, 6.07) is 2.30. The van der Waals surface area contributed by atoms with Gasteiger partial charge in [-0.1, -0.05) is 12.1 Å². The van der Waals surface area contributed by atoms with Gasteiger partial charge in [0.05, 0.1) is 11.7 Å². The van der Waals surface area contributed by atoms with E-state index in [-0.39, 0.29) is 17.6 Å². The van der Waals surface area contributed by atoms with E-state index in [0.717, 1.165) is 5.56 Å². The fourth-order valence-electron chi connectivity index (χ4n) is 2.17. The van der Waals surface area contributed by atoms with E-state index in [1.165, 1.54) is 12.1 Å². The van der Waals surface area contributed by atoms with Crippen LogP contribution in [0.4, 0.5) is 0 Å². The Kier molecular flexibility index (Phi) is 4.11. The summed E-state index contributed by atoms with van der Waals surface area (Å²) in [5.74, 6) is -1.37. The highest BCUT2D eigenvalue weighted by Crippen LogP contribution is 2.24. The quantitative estimate of drug-likeness (QED) is 0.876. The lowest BCUT2D eigenvalue weighted by molar-refractivity contribution is 0.0659. The molecule has 2 rings (SSSR count). The third-order valence-electron chi connectivity index (χ3n) is 3.19. The van der Waals surface area contributed by atoms with Crippen LogP contribution in [0.15, 0.2) is 21.1 Å². The monoisotopic (exact) mass is 292 g/mol. The summed E-state index contributed by atoms with van der Waals surface area (Å²) in [5.41, 5.74) is 1.54. The summed E-state index contributed by atoms with van der Waals surface area (Å²) in [5, 5.41) is 15.4. The largest absolute Gasteiger partial charge is 0.475 e. The number of furan rings is 1. The Morgan fingerprint density at radius 3 is 2.48 bits per heavy atom. The molecule has 0 radical (unpaired) electrons. The van der Waals surface area contributed by atoms with E-state index in [0.29, 0.717) is 17.9 Å². The minimum atomic E-state index is -1.22. The standard InChI is InChI=1S/C14H16N2O5/c1-4-9(12-7(2)16-21-8(12)3)15-13(17)10-5-6-11(20-10)14(18)19/h5-6,9H,4H2,1-3H3,(H,15,17)(H,18,19). The highest BCUT2D eigenvalue weighted by Gasteiger charge is 2.23. The van der Waals surface area contributed by atoms with Crippen LogP contribution in [0.2, 0.25) is 0 Å². The fourth-order valence-corrected chi connectivity index (χ4v) is 2.17. The van der Waals surface area contributed by atoms with Crippen LogP contribution >= 0.6 is 0 Å². The van der Waals surface area contributed by atoms with Gasteiger partial charge >= 0.3 is 5.97 Å². The van der Waals surface area contributed by atoms with Gasteiger partial charge in [0.2, 0.25) is 5.76 Å². The molecule has 0 aliphatic heterocycles. The molecule has 2 aromatic heterocycles. The molecule has 1 unspecified atom stereocenters. The lowest BCUT2D eigenvalue weighted by Crippen LogP contribution is -2.28. The predicted molar refractivity (Wildman–Crippen MR) is 72.1 cm³/mol. The zero-order valence-corrected chi connectivity index (χ0v) is 12.0. The number of carbonyl (C=O) groups excluding carboxylic acids is 1. The number of nitrogens with one attached hydrogen (secondary N) is 1. The topological polar surface area (TPSA) is 106 Å². The maximum absolute atomic E-state index is 12.1. The molecule has 7 heteroatoms. The first kappa shape index (κ1) is 14.8. The van der Waals surface area contributed by atoms with Crippen LogP contribution < -0.4 is 5.32 Å². The van der Waals surface area contributed by atoms with Crippen molar-refractivity contribution < 1.29 is 23.6 Å². The summed E-state index contributed by atoms with van der Waals surface area (Å²) in [7, 11) is 0. The maximum Gasteiger partial charge on any atom is 0.371 e. The average Bonchev–Trinajstić information content (AvgIpc) is 3.04. The van der Waals surface area contributed by atoms with Crippen LogP contribution in [0.25, 0.3) is 0 Å². The zero-order valence-electron chi connectivity index (χ0n) is 12.0. The van der Waals surface area contributed by atoms with E-state index in [2.05, 4.69) is 10.5 Å². The molecule has 0 aliphatic rings. The number of aryl methyl sites for hydroxylation is 2. The second kappa shape index (κ2) is 5.82. The van der Waals surface area contributed by atoms with Gasteiger partial charge in [0.15, 0.2) is 5.76 Å². The van der Waals surface area contributed by atoms with E-state index >= 15 is 0 Å². The molecule has 2 heterocycles. The van der Waals surface area contributed by atoms with E-state index in [1.807, 2.05) is 6.92 Å². The Morgan fingerprint density at radius 2 is 2.00 bits per heavy atom. The molecule has 0 fully saturated rings. The SMILES string of the molecule is CCC(NC(=O)c1ccc(C(=O)O)o1)c1c(C)noc1C. The first-order valence-corrected chi connectivity index (χ1v) is 6.50. The third kappa shape index (κ3) is 2.96. The van der Waals surface area contributed by atoms with Gasteiger partial charge in [-0.15, -0.1) is 0 Å². The molecule has 0 spiro atoms. The lowest BCUT2D eigenvalue weighted by Gasteiger charge is -2.15. The van der Waals surface area contributed by atoms with Crippen molar-refractivity contribution in [2.24, 2.45) is 0 Å². The van der Waals surface area contributed by atoms with Crippen molar-refractivity contribution in [2.45, 2.75) is 33.2 Å². The molecule has 1 atom stereocenters. The van der Waals surface area contributed by atoms with Crippen LogP contribution in [0.3, 0.4) is 0 Å². The zero-order chi connectivity index (χ0) is 15.6. The van der Waals surface area contributed by atoms with Crippen molar-refractivity contribution in [3.05, 3.63) is 40.7 Å². The number of hydrogen-bond acceptors (Lipinski definition) is 5. The van der Waals surface area contributed by atoms with Crippen molar-refractivity contribution in [1.82, 2.24) is 10.5 Å². The number of rotatable bonds is 5. The van der Waals surface area contributed by atoms with Gasteiger partial charge in [-0.2, -0.15) is 0 Å².